The van der Waals surface area contributed by atoms with E-state index in [1.165, 1.54) is 0 Å². The van der Waals surface area contributed by atoms with Crippen molar-refractivity contribution < 1.29 is 5.11 Å². The molecule has 0 heterocycles. The monoisotopic (exact) mass is 121 g/mol. The third-order valence-electron chi connectivity index (χ3n) is 1.41. The van der Waals surface area contributed by atoms with Crippen LogP contribution in [0.3, 0.4) is 0 Å². The molecule has 1 aromatic carbocycles. The van der Waals surface area contributed by atoms with Crippen LogP contribution >= 0.6 is 0 Å². The highest BCUT2D eigenvalue weighted by atomic mass is 16.3. The lowest BCUT2D eigenvalue weighted by Crippen LogP contribution is -1.75. The molecule has 0 fully saturated rings. The molecule has 0 aliphatic heterocycles. The zero-order valence-electron chi connectivity index (χ0n) is 5.64. The molecule has 1 aromatic rings. The summed E-state index contributed by atoms with van der Waals surface area (Å²) in [6, 6.07) is 5.55. The van der Waals surface area contributed by atoms with Crippen molar-refractivity contribution in [1.82, 2.24) is 0 Å². The number of aryl methyl sites for hydroxylation is 2. The van der Waals surface area contributed by atoms with Crippen LogP contribution in [0.5, 0.6) is 5.75 Å². The van der Waals surface area contributed by atoms with Gasteiger partial charge in [-0.25, -0.2) is 0 Å². The van der Waals surface area contributed by atoms with Gasteiger partial charge in [0, 0.05) is 0 Å². The van der Waals surface area contributed by atoms with Crippen molar-refractivity contribution in [3.8, 4) is 5.75 Å². The second kappa shape index (κ2) is 2.09. The summed E-state index contributed by atoms with van der Waals surface area (Å²) in [5, 5.41) is 11.0. The summed E-state index contributed by atoms with van der Waals surface area (Å²) in [6.07, 6.45) is 0. The van der Waals surface area contributed by atoms with Crippen LogP contribution in [0.2, 0.25) is 0 Å². The van der Waals surface area contributed by atoms with E-state index in [4.69, 9.17) is 0 Å². The van der Waals surface area contributed by atoms with Gasteiger partial charge in [-0.1, -0.05) is 18.2 Å². The van der Waals surface area contributed by atoms with Crippen LogP contribution in [0.1, 0.15) is 11.1 Å². The molecule has 9 heavy (non-hydrogen) atoms. The summed E-state index contributed by atoms with van der Waals surface area (Å²) in [4.78, 5) is 0. The summed E-state index contributed by atoms with van der Waals surface area (Å²) >= 11 is 0. The van der Waals surface area contributed by atoms with E-state index in [2.05, 4.69) is 0 Å². The lowest BCUT2D eigenvalue weighted by molar-refractivity contribution is 0.348. The van der Waals surface area contributed by atoms with Gasteiger partial charge in [0.05, 0.1) is 0 Å². The summed E-state index contributed by atoms with van der Waals surface area (Å²) in [6.45, 7) is 3.66. The highest BCUT2D eigenvalue weighted by Gasteiger charge is 1.98. The molecule has 0 amide bonds. The van der Waals surface area contributed by atoms with Crippen molar-refractivity contribution in [2.24, 2.45) is 0 Å². The van der Waals surface area contributed by atoms with E-state index in [9.17, 15) is 5.11 Å². The molecular weight excluding hydrogens is 112 g/mol. The van der Waals surface area contributed by atoms with E-state index < -0.39 is 0 Å². The molecule has 0 bridgehead atoms. The molecule has 0 aliphatic rings. The fraction of sp³-hybridized carbons (Fsp3) is 0.250. The van der Waals surface area contributed by atoms with Gasteiger partial charge in [-0.2, -0.15) is 0 Å². The van der Waals surface area contributed by atoms with Crippen LogP contribution in [0, 0.1) is 13.8 Å². The van der Waals surface area contributed by atoms with E-state index in [-0.39, 0.29) is 5.75 Å². The molecule has 0 spiro atoms. The van der Waals surface area contributed by atoms with Crippen molar-refractivity contribution in [2.75, 3.05) is 0 Å². The van der Waals surface area contributed by atoms with Gasteiger partial charge in [-0.3, -0.25) is 5.11 Å². The standard InChI is InChI=1S/C8H9O/c1-6-4-3-5-7(2)8(6)9/h3-5H,1-2H3. The Kier molecular flexibility index (Phi) is 1.43. The average Bonchev–Trinajstić information content (AvgIpc) is 1.83. The van der Waals surface area contributed by atoms with E-state index in [1.807, 2.05) is 32.0 Å². The van der Waals surface area contributed by atoms with Gasteiger partial charge in [0.25, 0.3) is 0 Å². The fourth-order valence-corrected chi connectivity index (χ4v) is 0.799. The maximum atomic E-state index is 11.0. The van der Waals surface area contributed by atoms with Gasteiger partial charge in [0.15, 0.2) is 5.75 Å². The minimum absolute atomic E-state index is 0.164. The summed E-state index contributed by atoms with van der Waals surface area (Å²) in [7, 11) is 0. The van der Waals surface area contributed by atoms with Crippen LogP contribution in [-0.2, 0) is 5.11 Å². The zero-order valence-corrected chi connectivity index (χ0v) is 5.64. The third kappa shape index (κ3) is 1.04. The van der Waals surface area contributed by atoms with Crippen LogP contribution < -0.4 is 0 Å². The van der Waals surface area contributed by atoms with E-state index in [0.717, 1.165) is 11.1 Å². The average molecular weight is 121 g/mol. The number of rotatable bonds is 0. The first-order chi connectivity index (χ1) is 4.22. The SMILES string of the molecule is Cc1cccc(C)c1[O]. The van der Waals surface area contributed by atoms with E-state index in [1.54, 1.807) is 0 Å². The first kappa shape index (κ1) is 6.14. The zero-order chi connectivity index (χ0) is 6.85. The van der Waals surface area contributed by atoms with Crippen molar-refractivity contribution in [3.63, 3.8) is 0 Å². The molecular formula is C8H9O. The third-order valence-corrected chi connectivity index (χ3v) is 1.41. The number of benzene rings is 1. The predicted octanol–water partition coefficient (Wildman–Crippen LogP) is 2.45. The Morgan fingerprint density at radius 1 is 1.11 bits per heavy atom. The Morgan fingerprint density at radius 3 is 1.89 bits per heavy atom. The number of hydrogen-bond acceptors (Lipinski definition) is 0. The van der Waals surface area contributed by atoms with Gasteiger partial charge in [0.1, 0.15) is 0 Å². The van der Waals surface area contributed by atoms with Crippen molar-refractivity contribution >= 4 is 0 Å². The molecule has 0 aromatic heterocycles. The molecule has 0 atom stereocenters. The Morgan fingerprint density at radius 2 is 1.56 bits per heavy atom. The smallest absolute Gasteiger partial charge is 0.184 e. The Hall–Kier alpha value is -0.980. The lowest BCUT2D eigenvalue weighted by Gasteiger charge is -1.95. The second-order valence-electron chi connectivity index (χ2n) is 2.22. The largest absolute Gasteiger partial charge is 0.289 e. The first-order valence-electron chi connectivity index (χ1n) is 2.95. The fourth-order valence-electron chi connectivity index (χ4n) is 0.799. The Balaban J connectivity index is 3.25. The van der Waals surface area contributed by atoms with Gasteiger partial charge in [-0.15, -0.1) is 0 Å². The van der Waals surface area contributed by atoms with Crippen molar-refractivity contribution in [2.45, 2.75) is 13.8 Å². The Labute approximate surface area is 55.0 Å². The molecule has 0 unspecified atom stereocenters. The van der Waals surface area contributed by atoms with Crippen LogP contribution in [0.4, 0.5) is 0 Å². The molecule has 0 aliphatic carbocycles. The second-order valence-corrected chi connectivity index (χ2v) is 2.22. The maximum Gasteiger partial charge on any atom is 0.184 e. The van der Waals surface area contributed by atoms with E-state index in [0.29, 0.717) is 0 Å². The predicted molar refractivity (Wildman–Crippen MR) is 36.0 cm³/mol. The quantitative estimate of drug-likeness (QED) is 0.502. The minimum atomic E-state index is 0.164. The van der Waals surface area contributed by atoms with Gasteiger partial charge >= 0.3 is 0 Å². The van der Waals surface area contributed by atoms with Gasteiger partial charge in [-0.05, 0) is 25.0 Å². The topological polar surface area (TPSA) is 19.9 Å². The summed E-state index contributed by atoms with van der Waals surface area (Å²) in [5.74, 6) is 0.164. The van der Waals surface area contributed by atoms with Crippen LogP contribution in [0.25, 0.3) is 0 Å². The maximum absolute atomic E-state index is 11.0. The van der Waals surface area contributed by atoms with Crippen molar-refractivity contribution in [1.29, 1.82) is 0 Å². The minimum Gasteiger partial charge on any atom is -0.289 e. The Bertz CT molecular complexity index is 196. The van der Waals surface area contributed by atoms with Crippen LogP contribution in [0.15, 0.2) is 18.2 Å². The molecule has 1 nitrogen and oxygen atoms in total. The van der Waals surface area contributed by atoms with Gasteiger partial charge in [0.2, 0.25) is 0 Å². The highest BCUT2D eigenvalue weighted by Crippen LogP contribution is 2.20. The summed E-state index contributed by atoms with van der Waals surface area (Å²) < 4.78 is 0. The van der Waals surface area contributed by atoms with Crippen LogP contribution in [-0.4, -0.2) is 0 Å². The molecule has 0 saturated carbocycles. The molecule has 0 saturated heterocycles. The number of para-hydroxylation sites is 1. The lowest BCUT2D eigenvalue weighted by atomic mass is 10.1. The highest BCUT2D eigenvalue weighted by molar-refractivity contribution is 5.37. The molecule has 47 valence electrons. The normalized spacial score (nSPS) is 9.56. The van der Waals surface area contributed by atoms with Crippen molar-refractivity contribution in [3.05, 3.63) is 29.3 Å². The molecule has 1 heteroatoms. The molecule has 0 N–H and O–H groups in total. The van der Waals surface area contributed by atoms with Gasteiger partial charge < -0.3 is 0 Å². The first-order valence-corrected chi connectivity index (χ1v) is 2.95. The van der Waals surface area contributed by atoms with E-state index >= 15 is 0 Å². The number of hydrogen-bond donors (Lipinski definition) is 0. The molecule has 1 radical (unpaired) electrons. The molecule has 1 rings (SSSR count). The summed E-state index contributed by atoms with van der Waals surface area (Å²) in [5.41, 5.74) is 1.66.